The second-order valence-corrected chi connectivity index (χ2v) is 9.43. The van der Waals surface area contributed by atoms with Crippen molar-refractivity contribution in [3.63, 3.8) is 0 Å². The number of nitrogens with zero attached hydrogens (tertiary/aromatic N) is 3. The van der Waals surface area contributed by atoms with Crippen LogP contribution in [0.2, 0.25) is 0 Å². The monoisotopic (exact) mass is 491 g/mol. The first-order valence-corrected chi connectivity index (χ1v) is 11.8. The van der Waals surface area contributed by atoms with Gasteiger partial charge in [-0.3, -0.25) is 4.98 Å². The number of nitrogens with one attached hydrogen (secondary N) is 2. The molecule has 8 nitrogen and oxygen atoms in total. The maximum absolute atomic E-state index is 6.13. The zero-order valence-corrected chi connectivity index (χ0v) is 18.9. The molecule has 4 heterocycles. The molecule has 5 rings (SSSR count). The number of nitrogens with two attached hydrogens (primary N) is 1. The number of H-pyrrole nitrogens is 1. The predicted octanol–water partition coefficient (Wildman–Crippen LogP) is 2.90. The molecule has 0 spiro atoms. The van der Waals surface area contributed by atoms with Crippen LogP contribution in [0.15, 0.2) is 33.0 Å². The van der Waals surface area contributed by atoms with Gasteiger partial charge >= 0.3 is 5.65 Å². The predicted molar refractivity (Wildman–Crippen MR) is 118 cm³/mol. The molecule has 0 unspecified atom stereocenters. The number of rotatable bonds is 5. The van der Waals surface area contributed by atoms with Gasteiger partial charge in [0, 0.05) is 9.37 Å². The van der Waals surface area contributed by atoms with Gasteiger partial charge in [-0.25, -0.2) is 4.57 Å². The number of aromatic nitrogens is 4. The molecule has 2 aromatic heterocycles. The van der Waals surface area contributed by atoms with Crippen LogP contribution in [0.3, 0.4) is 0 Å². The van der Waals surface area contributed by atoms with Crippen LogP contribution in [0, 0.1) is 5.92 Å². The Morgan fingerprint density at radius 2 is 1.93 bits per heavy atom. The van der Waals surface area contributed by atoms with Crippen molar-refractivity contribution >= 4 is 44.7 Å². The fourth-order valence-corrected chi connectivity index (χ4v) is 5.52. The summed E-state index contributed by atoms with van der Waals surface area (Å²) in [6, 6.07) is 3.98. The summed E-state index contributed by atoms with van der Waals surface area (Å²) in [6.45, 7) is 4.22. The van der Waals surface area contributed by atoms with Crippen molar-refractivity contribution in [2.45, 2.75) is 35.9 Å². The SMILES string of the molecule is Nc1ncnc2c1[nH]c(Sc1cc3c(cc1Br)OCCO3)[n+]2CCC1CCNCC1. The third-order valence-corrected chi connectivity index (χ3v) is 7.60. The first kappa shape index (κ1) is 19.9. The average Bonchev–Trinajstić information content (AvgIpc) is 3.12. The Morgan fingerprint density at radius 3 is 2.73 bits per heavy atom. The summed E-state index contributed by atoms with van der Waals surface area (Å²) in [5.74, 6) is 2.72. The number of aromatic amines is 1. The van der Waals surface area contributed by atoms with E-state index in [9.17, 15) is 0 Å². The Labute approximate surface area is 187 Å². The molecule has 2 aliphatic heterocycles. The van der Waals surface area contributed by atoms with Gasteiger partial charge in [-0.15, -0.1) is 0 Å². The fraction of sp³-hybridized carbons (Fsp3) is 0.450. The number of anilines is 1. The van der Waals surface area contributed by atoms with Gasteiger partial charge in [0.05, 0.1) is 6.54 Å². The number of hydrogen-bond donors (Lipinski definition) is 3. The zero-order chi connectivity index (χ0) is 20.5. The molecule has 1 fully saturated rings. The van der Waals surface area contributed by atoms with E-state index >= 15 is 0 Å². The highest BCUT2D eigenvalue weighted by Crippen LogP contribution is 2.41. The Kier molecular flexibility index (Phi) is 5.70. The van der Waals surface area contributed by atoms with E-state index in [1.807, 2.05) is 12.1 Å². The van der Waals surface area contributed by atoms with Crippen LogP contribution in [-0.4, -0.2) is 41.3 Å². The fourth-order valence-electron chi connectivity index (χ4n) is 3.98. The van der Waals surface area contributed by atoms with Gasteiger partial charge in [-0.05, 0) is 78.1 Å². The molecular formula is C20H24BrN6O2S+. The average molecular weight is 492 g/mol. The molecule has 0 aliphatic carbocycles. The van der Waals surface area contributed by atoms with Crippen molar-refractivity contribution in [1.29, 1.82) is 0 Å². The van der Waals surface area contributed by atoms with E-state index in [4.69, 9.17) is 15.2 Å². The van der Waals surface area contributed by atoms with Gasteiger partial charge in [0.1, 0.15) is 13.2 Å². The Balaban J connectivity index is 1.48. The van der Waals surface area contributed by atoms with Gasteiger partial charge < -0.3 is 20.5 Å². The third kappa shape index (κ3) is 3.95. The lowest BCUT2D eigenvalue weighted by molar-refractivity contribution is -0.711. The van der Waals surface area contributed by atoms with Crippen molar-refractivity contribution in [1.82, 2.24) is 20.3 Å². The molecule has 0 atom stereocenters. The van der Waals surface area contributed by atoms with E-state index in [1.165, 1.54) is 19.2 Å². The minimum atomic E-state index is 0.462. The first-order valence-electron chi connectivity index (χ1n) is 10.2. The topological polar surface area (TPSA) is 102 Å². The summed E-state index contributed by atoms with van der Waals surface area (Å²) < 4.78 is 14.6. The second-order valence-electron chi connectivity index (χ2n) is 7.55. The Bertz CT molecular complexity index is 1070. The lowest BCUT2D eigenvalue weighted by atomic mass is 9.95. The minimum Gasteiger partial charge on any atom is -0.486 e. The first-order chi connectivity index (χ1) is 14.7. The summed E-state index contributed by atoms with van der Waals surface area (Å²) in [5, 5.41) is 4.41. The molecule has 2 aliphatic rings. The highest BCUT2D eigenvalue weighted by Gasteiger charge is 2.25. The van der Waals surface area contributed by atoms with Crippen LogP contribution in [0.4, 0.5) is 5.82 Å². The van der Waals surface area contributed by atoms with Crippen LogP contribution in [0.1, 0.15) is 19.3 Å². The quantitative estimate of drug-likeness (QED) is 0.471. The lowest BCUT2D eigenvalue weighted by Crippen LogP contribution is -2.38. The number of piperidine rings is 1. The van der Waals surface area contributed by atoms with Crippen LogP contribution in [0.25, 0.3) is 11.2 Å². The summed E-state index contributed by atoms with van der Waals surface area (Å²) >= 11 is 5.30. The molecule has 4 N–H and O–H groups in total. The number of halogens is 1. The number of fused-ring (bicyclic) bond motifs is 2. The summed E-state index contributed by atoms with van der Waals surface area (Å²) in [4.78, 5) is 13.2. The molecule has 10 heteroatoms. The van der Waals surface area contributed by atoms with E-state index in [2.05, 4.69) is 40.8 Å². The molecule has 30 heavy (non-hydrogen) atoms. The second kappa shape index (κ2) is 8.60. The van der Waals surface area contributed by atoms with E-state index in [1.54, 1.807) is 11.8 Å². The molecule has 0 saturated carbocycles. The Morgan fingerprint density at radius 1 is 1.17 bits per heavy atom. The highest BCUT2D eigenvalue weighted by molar-refractivity contribution is 9.10. The summed E-state index contributed by atoms with van der Waals surface area (Å²) in [6.07, 6.45) is 5.08. The minimum absolute atomic E-state index is 0.462. The van der Waals surface area contributed by atoms with Crippen LogP contribution in [-0.2, 0) is 6.54 Å². The Hall–Kier alpha value is -2.04. The van der Waals surface area contributed by atoms with Crippen molar-refractivity contribution in [2.75, 3.05) is 32.0 Å². The van der Waals surface area contributed by atoms with E-state index in [0.29, 0.717) is 19.0 Å². The number of hydrogen-bond acceptors (Lipinski definition) is 7. The molecule has 1 aromatic carbocycles. The number of aryl methyl sites for hydroxylation is 1. The van der Waals surface area contributed by atoms with Crippen LogP contribution >= 0.6 is 27.7 Å². The molecular weight excluding hydrogens is 468 g/mol. The molecule has 0 bridgehead atoms. The molecule has 158 valence electrons. The number of ether oxygens (including phenoxy) is 2. The van der Waals surface area contributed by atoms with Gasteiger partial charge in [-0.1, -0.05) is 4.98 Å². The summed E-state index contributed by atoms with van der Waals surface area (Å²) in [7, 11) is 0. The zero-order valence-electron chi connectivity index (χ0n) is 16.5. The van der Waals surface area contributed by atoms with Crippen LogP contribution in [0.5, 0.6) is 11.5 Å². The maximum Gasteiger partial charge on any atom is 0.308 e. The van der Waals surface area contributed by atoms with E-state index in [-0.39, 0.29) is 0 Å². The van der Waals surface area contributed by atoms with Crippen LogP contribution < -0.4 is 25.1 Å². The number of benzene rings is 1. The third-order valence-electron chi connectivity index (χ3n) is 5.61. The number of imidazole rings is 1. The summed E-state index contributed by atoms with van der Waals surface area (Å²) in [5.41, 5.74) is 7.75. The smallest absolute Gasteiger partial charge is 0.308 e. The van der Waals surface area contributed by atoms with E-state index in [0.717, 1.165) is 69.2 Å². The van der Waals surface area contributed by atoms with Gasteiger partial charge in [0.15, 0.2) is 23.6 Å². The van der Waals surface area contributed by atoms with Gasteiger partial charge in [0.2, 0.25) is 5.52 Å². The van der Waals surface area contributed by atoms with Gasteiger partial charge in [0.25, 0.3) is 5.16 Å². The van der Waals surface area contributed by atoms with Gasteiger partial charge in [-0.2, -0.15) is 4.98 Å². The largest absolute Gasteiger partial charge is 0.486 e. The van der Waals surface area contributed by atoms with Crippen molar-refractivity contribution in [3.8, 4) is 11.5 Å². The number of nitrogen functional groups attached to an aromatic ring is 1. The van der Waals surface area contributed by atoms with Crippen molar-refractivity contribution in [2.24, 2.45) is 5.92 Å². The molecule has 1 saturated heterocycles. The molecule has 0 radical (unpaired) electrons. The maximum atomic E-state index is 6.13. The van der Waals surface area contributed by atoms with Crippen molar-refractivity contribution < 1.29 is 14.0 Å². The molecule has 3 aromatic rings. The lowest BCUT2D eigenvalue weighted by Gasteiger charge is -2.22. The highest BCUT2D eigenvalue weighted by atomic mass is 79.9. The normalized spacial score (nSPS) is 16.8. The van der Waals surface area contributed by atoms with E-state index < -0.39 is 0 Å². The molecule has 0 amide bonds. The standard InChI is InChI=1S/C20H23BrN6O2S/c21-13-9-14-15(29-8-7-28-14)10-16(13)30-20-26-17-18(22)24-11-25-19(17)27(20)6-3-12-1-4-23-5-2-12/h9-12,23H,1-8H2,(H2,22,24,25)/p+1. The van der Waals surface area contributed by atoms with Crippen molar-refractivity contribution in [3.05, 3.63) is 22.9 Å².